The van der Waals surface area contributed by atoms with Crippen LogP contribution in [0.4, 0.5) is 4.79 Å². The molecule has 1 heterocycles. The maximum Gasteiger partial charge on any atom is 0.407 e. The minimum absolute atomic E-state index is 0.0624. The molecule has 1 saturated heterocycles. The molecular weight excluding hydrogens is 444 g/mol. The van der Waals surface area contributed by atoms with Crippen LogP contribution < -0.4 is 5.32 Å². The molecule has 2 N–H and O–H groups in total. The molecule has 186 valence electrons. The number of benzene rings is 2. The van der Waals surface area contributed by atoms with E-state index in [1.165, 1.54) is 0 Å². The summed E-state index contributed by atoms with van der Waals surface area (Å²) in [7, 11) is 0. The van der Waals surface area contributed by atoms with Crippen molar-refractivity contribution in [2.24, 2.45) is 17.8 Å². The number of amides is 2. The molecule has 35 heavy (non-hydrogen) atoms. The van der Waals surface area contributed by atoms with E-state index in [0.29, 0.717) is 13.0 Å². The minimum Gasteiger partial charge on any atom is -0.481 e. The fraction of sp³-hybridized carbons (Fsp3) is 0.464. The first-order valence-corrected chi connectivity index (χ1v) is 12.4. The zero-order chi connectivity index (χ0) is 25.1. The number of nitrogens with one attached hydrogen (secondary N) is 1. The Balaban J connectivity index is 1.43. The van der Waals surface area contributed by atoms with Gasteiger partial charge in [-0.3, -0.25) is 9.59 Å². The van der Waals surface area contributed by atoms with Gasteiger partial charge in [0.15, 0.2) is 0 Å². The van der Waals surface area contributed by atoms with Gasteiger partial charge in [-0.05, 0) is 40.5 Å². The molecule has 0 spiro atoms. The molecule has 0 radical (unpaired) electrons. The first-order valence-electron chi connectivity index (χ1n) is 12.4. The highest BCUT2D eigenvalue weighted by Crippen LogP contribution is 2.44. The molecule has 2 aromatic carbocycles. The molecule has 1 aliphatic carbocycles. The Bertz CT molecular complexity index is 1050. The van der Waals surface area contributed by atoms with E-state index in [1.54, 1.807) is 4.90 Å². The molecule has 0 saturated carbocycles. The van der Waals surface area contributed by atoms with Gasteiger partial charge in [0.05, 0.1) is 5.92 Å². The van der Waals surface area contributed by atoms with E-state index in [-0.39, 0.29) is 36.8 Å². The van der Waals surface area contributed by atoms with Gasteiger partial charge < -0.3 is 20.1 Å². The summed E-state index contributed by atoms with van der Waals surface area (Å²) in [6, 6.07) is 15.5. The maximum atomic E-state index is 13.3. The molecule has 1 fully saturated rings. The summed E-state index contributed by atoms with van der Waals surface area (Å²) in [5.41, 5.74) is 4.55. The van der Waals surface area contributed by atoms with E-state index in [2.05, 4.69) is 29.6 Å². The summed E-state index contributed by atoms with van der Waals surface area (Å²) < 4.78 is 5.66. The van der Waals surface area contributed by atoms with Crippen molar-refractivity contribution in [3.8, 4) is 11.1 Å². The fourth-order valence-corrected chi connectivity index (χ4v) is 5.26. The molecule has 0 bridgehead atoms. The van der Waals surface area contributed by atoms with E-state index < -0.39 is 24.0 Å². The highest BCUT2D eigenvalue weighted by Gasteiger charge is 2.39. The molecule has 2 amide bonds. The molecule has 1 aliphatic heterocycles. The average Bonchev–Trinajstić information content (AvgIpc) is 3.40. The minimum atomic E-state index is -0.893. The lowest BCUT2D eigenvalue weighted by molar-refractivity contribution is -0.142. The van der Waals surface area contributed by atoms with Gasteiger partial charge in [0.25, 0.3) is 0 Å². The Morgan fingerprint density at radius 3 is 2.20 bits per heavy atom. The normalized spacial score (nSPS) is 20.6. The number of nitrogens with zero attached hydrogens (tertiary/aromatic N) is 1. The topological polar surface area (TPSA) is 95.9 Å². The zero-order valence-corrected chi connectivity index (χ0v) is 20.6. The third-order valence-corrected chi connectivity index (χ3v) is 7.51. The second-order valence-electron chi connectivity index (χ2n) is 9.94. The van der Waals surface area contributed by atoms with Crippen molar-refractivity contribution in [3.05, 3.63) is 59.7 Å². The van der Waals surface area contributed by atoms with E-state index in [1.807, 2.05) is 45.0 Å². The van der Waals surface area contributed by atoms with Crippen LogP contribution in [0.1, 0.15) is 50.7 Å². The second-order valence-corrected chi connectivity index (χ2v) is 9.94. The molecule has 4 rings (SSSR count). The van der Waals surface area contributed by atoms with Crippen LogP contribution in [0.3, 0.4) is 0 Å². The largest absolute Gasteiger partial charge is 0.481 e. The average molecular weight is 479 g/mol. The first-order chi connectivity index (χ1) is 16.8. The van der Waals surface area contributed by atoms with Crippen molar-refractivity contribution in [1.82, 2.24) is 10.2 Å². The van der Waals surface area contributed by atoms with Crippen molar-refractivity contribution in [2.45, 2.75) is 45.6 Å². The Morgan fingerprint density at radius 2 is 1.66 bits per heavy atom. The number of carbonyl (C=O) groups excluding carboxylic acids is 2. The summed E-state index contributed by atoms with van der Waals surface area (Å²) in [5, 5.41) is 12.2. The Hall–Kier alpha value is -3.35. The van der Waals surface area contributed by atoms with E-state index in [4.69, 9.17) is 4.74 Å². The summed E-state index contributed by atoms with van der Waals surface area (Å²) in [6.45, 7) is 6.63. The number of hydrogen-bond donors (Lipinski definition) is 2. The molecule has 4 atom stereocenters. The van der Waals surface area contributed by atoms with Crippen LogP contribution in [0.25, 0.3) is 11.1 Å². The van der Waals surface area contributed by atoms with Gasteiger partial charge in [0.2, 0.25) is 5.91 Å². The summed E-state index contributed by atoms with van der Waals surface area (Å²) in [6.07, 6.45) is 0.711. The van der Waals surface area contributed by atoms with Gasteiger partial charge in [-0.1, -0.05) is 75.7 Å². The van der Waals surface area contributed by atoms with Crippen molar-refractivity contribution in [2.75, 3.05) is 19.7 Å². The lowest BCUT2D eigenvalue weighted by Gasteiger charge is -2.26. The Labute approximate surface area is 206 Å². The summed E-state index contributed by atoms with van der Waals surface area (Å²) in [5.74, 6) is -1.70. The van der Waals surface area contributed by atoms with Crippen molar-refractivity contribution < 1.29 is 24.2 Å². The number of likely N-dealkylation sites (tertiary alicyclic amines) is 1. The third kappa shape index (κ3) is 5.19. The van der Waals surface area contributed by atoms with Crippen molar-refractivity contribution >= 4 is 18.0 Å². The first kappa shape index (κ1) is 24.8. The maximum absolute atomic E-state index is 13.3. The number of aliphatic carboxylic acids is 1. The molecule has 7 nitrogen and oxygen atoms in total. The number of hydrogen-bond acceptors (Lipinski definition) is 4. The number of rotatable bonds is 8. The number of fused-ring (bicyclic) bond motifs is 3. The van der Waals surface area contributed by atoms with Crippen LogP contribution in [0, 0.1) is 17.8 Å². The lowest BCUT2D eigenvalue weighted by atomic mass is 9.98. The van der Waals surface area contributed by atoms with Gasteiger partial charge in [0, 0.05) is 19.0 Å². The predicted molar refractivity (Wildman–Crippen MR) is 133 cm³/mol. The monoisotopic (exact) mass is 478 g/mol. The molecule has 2 aliphatic rings. The van der Waals surface area contributed by atoms with Gasteiger partial charge >= 0.3 is 12.1 Å². The van der Waals surface area contributed by atoms with Crippen LogP contribution in [-0.2, 0) is 14.3 Å². The van der Waals surface area contributed by atoms with E-state index >= 15 is 0 Å². The second kappa shape index (κ2) is 10.5. The number of ether oxygens (including phenoxy) is 1. The van der Waals surface area contributed by atoms with Gasteiger partial charge in [0.1, 0.15) is 12.6 Å². The van der Waals surface area contributed by atoms with Crippen molar-refractivity contribution in [1.29, 1.82) is 0 Å². The van der Waals surface area contributed by atoms with Crippen LogP contribution in [0.5, 0.6) is 0 Å². The van der Waals surface area contributed by atoms with Crippen LogP contribution in [0.2, 0.25) is 0 Å². The number of carbonyl (C=O) groups is 3. The Kier molecular flexibility index (Phi) is 7.43. The Morgan fingerprint density at radius 1 is 1.06 bits per heavy atom. The summed E-state index contributed by atoms with van der Waals surface area (Å²) >= 11 is 0. The van der Waals surface area contributed by atoms with E-state index in [9.17, 15) is 19.5 Å². The van der Waals surface area contributed by atoms with Crippen LogP contribution in [-0.4, -0.2) is 53.7 Å². The molecule has 2 aromatic rings. The van der Waals surface area contributed by atoms with Gasteiger partial charge in [-0.15, -0.1) is 0 Å². The third-order valence-electron chi connectivity index (χ3n) is 7.51. The van der Waals surface area contributed by atoms with Gasteiger partial charge in [-0.25, -0.2) is 4.79 Å². The molecular formula is C28H34N2O5. The van der Waals surface area contributed by atoms with Crippen LogP contribution in [0.15, 0.2) is 48.5 Å². The SMILES string of the molecule is CCC(C)CC(NC(=O)OCC1c2ccccc2-c2ccccc21)C(=O)N1CC(C)C(C(=O)O)C1. The molecule has 7 heteroatoms. The van der Waals surface area contributed by atoms with Gasteiger partial charge in [-0.2, -0.15) is 0 Å². The summed E-state index contributed by atoms with van der Waals surface area (Å²) in [4.78, 5) is 39.2. The van der Waals surface area contributed by atoms with Crippen molar-refractivity contribution in [3.63, 3.8) is 0 Å². The highest BCUT2D eigenvalue weighted by atomic mass is 16.5. The lowest BCUT2D eigenvalue weighted by Crippen LogP contribution is -2.49. The number of carboxylic acids is 1. The smallest absolute Gasteiger partial charge is 0.407 e. The molecule has 4 unspecified atom stereocenters. The number of carboxylic acid groups (broad SMARTS) is 1. The number of alkyl carbamates (subject to hydrolysis) is 1. The van der Waals surface area contributed by atoms with E-state index in [0.717, 1.165) is 28.7 Å². The zero-order valence-electron chi connectivity index (χ0n) is 20.6. The predicted octanol–water partition coefficient (Wildman–Crippen LogP) is 4.51. The standard InChI is InChI=1S/C28H34N2O5/c1-4-17(2)13-25(26(31)30-14-18(3)23(15-30)27(32)33)29-28(34)35-16-24-21-11-7-5-9-19(21)20-10-6-8-12-22(20)24/h5-12,17-18,23-25H,4,13-16H2,1-3H3,(H,29,34)(H,32,33). The fourth-order valence-electron chi connectivity index (χ4n) is 5.26. The highest BCUT2D eigenvalue weighted by molar-refractivity contribution is 5.87. The van der Waals surface area contributed by atoms with Crippen LogP contribution >= 0.6 is 0 Å². The molecule has 0 aromatic heterocycles. The quantitative estimate of drug-likeness (QED) is 0.582.